The zero-order valence-corrected chi connectivity index (χ0v) is 11.2. The van der Waals surface area contributed by atoms with Crippen molar-refractivity contribution >= 4 is 7.85 Å². The maximum Gasteiger partial charge on any atom is 0.116 e. The number of hydrogen-bond acceptors (Lipinski definition) is 0. The fourth-order valence-corrected chi connectivity index (χ4v) is 1.49. The Morgan fingerprint density at radius 2 is 1.44 bits per heavy atom. The molecule has 0 aromatic rings. The lowest BCUT2D eigenvalue weighted by atomic mass is 9.74. The molecule has 0 aliphatic heterocycles. The van der Waals surface area contributed by atoms with Crippen LogP contribution in [-0.2, 0) is 0 Å². The highest BCUT2D eigenvalue weighted by Gasteiger charge is 2.08. The van der Waals surface area contributed by atoms with Gasteiger partial charge in [-0.3, -0.25) is 0 Å². The van der Waals surface area contributed by atoms with Crippen LogP contribution in [0.4, 0.5) is 0 Å². The van der Waals surface area contributed by atoms with Crippen LogP contribution in [0, 0.1) is 0 Å². The van der Waals surface area contributed by atoms with Gasteiger partial charge in [-0.1, -0.05) is 87.1 Å². The molecule has 1 atom stereocenters. The van der Waals surface area contributed by atoms with E-state index < -0.39 is 0 Å². The van der Waals surface area contributed by atoms with Crippen molar-refractivity contribution in [1.29, 1.82) is 0 Å². The summed E-state index contributed by atoms with van der Waals surface area (Å²) in [5.74, 6) is 0.256. The van der Waals surface area contributed by atoms with Gasteiger partial charge in [0.05, 0.1) is 0 Å². The Morgan fingerprint density at radius 1 is 0.778 bits per heavy atom. The maximum atomic E-state index is 3.86. The van der Waals surface area contributed by atoms with Gasteiger partial charge in [-0.2, -0.15) is 0 Å². The highest BCUT2D eigenvalue weighted by molar-refractivity contribution is 6.16. The first kappa shape index (κ1) is 16.0. The van der Waals surface area contributed by atoms with Crippen LogP contribution in [0.2, 0.25) is 5.82 Å². The lowest BCUT2D eigenvalue weighted by Gasteiger charge is -2.13. The summed E-state index contributed by atoms with van der Waals surface area (Å²) in [6, 6.07) is 0. The minimum atomic E-state index is 0.256. The van der Waals surface area contributed by atoms with Gasteiger partial charge in [-0.15, -0.1) is 0 Å². The van der Waals surface area contributed by atoms with E-state index in [0.717, 1.165) is 5.57 Å². The third kappa shape index (κ3) is 5.90. The normalized spacial score (nSPS) is 14.7. The summed E-state index contributed by atoms with van der Waals surface area (Å²) < 4.78 is 0. The van der Waals surface area contributed by atoms with Crippen molar-refractivity contribution in [2.24, 2.45) is 0 Å². The first-order chi connectivity index (χ1) is 8.71. The van der Waals surface area contributed by atoms with Crippen molar-refractivity contribution in [2.45, 2.75) is 5.82 Å². The minimum Gasteiger partial charge on any atom is -0.0991 e. The molecule has 0 nitrogen and oxygen atoms in total. The summed E-state index contributed by atoms with van der Waals surface area (Å²) in [6.07, 6.45) is 19.0. The molecule has 0 heterocycles. The van der Waals surface area contributed by atoms with Crippen LogP contribution >= 0.6 is 0 Å². The van der Waals surface area contributed by atoms with Crippen LogP contribution in [-0.4, -0.2) is 7.85 Å². The molecule has 1 unspecified atom stereocenters. The van der Waals surface area contributed by atoms with Gasteiger partial charge in [-0.05, 0) is 17.0 Å². The average Bonchev–Trinajstić information content (AvgIpc) is 2.39. The fraction of sp³-hybridized carbons (Fsp3) is 0.0588. The molecule has 0 saturated heterocycles. The molecule has 1 heteroatoms. The Balaban J connectivity index is 5.20. The van der Waals surface area contributed by atoms with E-state index in [2.05, 4.69) is 34.2 Å². The second-order valence-corrected chi connectivity index (χ2v) is 3.71. The van der Waals surface area contributed by atoms with Gasteiger partial charge in [0.1, 0.15) is 7.85 Å². The Morgan fingerprint density at radius 3 is 1.94 bits per heavy atom. The lowest BCUT2D eigenvalue weighted by Crippen LogP contribution is -1.97. The average molecular weight is 236 g/mol. The monoisotopic (exact) mass is 236 g/mol. The molecule has 0 spiro atoms. The molecule has 0 rings (SSSR count). The van der Waals surface area contributed by atoms with Crippen molar-refractivity contribution in [1.82, 2.24) is 0 Å². The molecule has 0 bridgehead atoms. The van der Waals surface area contributed by atoms with E-state index in [4.69, 9.17) is 0 Å². The van der Waals surface area contributed by atoms with Gasteiger partial charge in [0, 0.05) is 0 Å². The van der Waals surface area contributed by atoms with Crippen LogP contribution in [0.5, 0.6) is 0 Å². The smallest absolute Gasteiger partial charge is 0.0991 e. The zero-order valence-electron chi connectivity index (χ0n) is 11.2. The summed E-state index contributed by atoms with van der Waals surface area (Å²) in [4.78, 5) is 0. The molecule has 92 valence electrons. The van der Waals surface area contributed by atoms with Gasteiger partial charge in [-0.25, -0.2) is 0 Å². The zero-order chi connectivity index (χ0) is 13.8. The van der Waals surface area contributed by atoms with E-state index >= 15 is 0 Å². The van der Waals surface area contributed by atoms with E-state index in [1.165, 1.54) is 5.57 Å². The summed E-state index contributed by atoms with van der Waals surface area (Å²) in [7, 11) is 2.14. The summed E-state index contributed by atoms with van der Waals surface area (Å²) in [5.41, 5.74) is 2.32. The second kappa shape index (κ2) is 10.2. The molecule has 0 amide bonds. The SMILES string of the molecule is BC(/C(C=C)=C/C=C\C=C)C(/C=C\C=C)=C/C=C. The number of hydrogen-bond donors (Lipinski definition) is 0. The molecule has 0 radical (unpaired) electrons. The van der Waals surface area contributed by atoms with Crippen molar-refractivity contribution in [3.8, 4) is 0 Å². The molecule has 0 N–H and O–H groups in total. The number of rotatable bonds is 8. The molecule has 0 saturated carbocycles. The molecule has 18 heavy (non-hydrogen) atoms. The number of allylic oxidation sites excluding steroid dienone is 12. The van der Waals surface area contributed by atoms with Crippen LogP contribution in [0.15, 0.2) is 98.2 Å². The van der Waals surface area contributed by atoms with Gasteiger partial charge in [0.25, 0.3) is 0 Å². The Labute approximate surface area is 112 Å². The Kier molecular flexibility index (Phi) is 9.02. The van der Waals surface area contributed by atoms with Crippen molar-refractivity contribution < 1.29 is 0 Å². The summed E-state index contributed by atoms with van der Waals surface area (Å²) in [5, 5.41) is 0. The van der Waals surface area contributed by atoms with E-state index in [1.54, 1.807) is 18.2 Å². The molecule has 0 aliphatic carbocycles. The lowest BCUT2D eigenvalue weighted by molar-refractivity contribution is 1.20. The fourth-order valence-electron chi connectivity index (χ4n) is 1.49. The molecular weight excluding hydrogens is 215 g/mol. The van der Waals surface area contributed by atoms with E-state index in [9.17, 15) is 0 Å². The molecule has 0 fully saturated rings. The van der Waals surface area contributed by atoms with E-state index in [1.807, 2.05) is 42.5 Å². The maximum absolute atomic E-state index is 3.86. The van der Waals surface area contributed by atoms with E-state index in [-0.39, 0.29) is 5.82 Å². The highest BCUT2D eigenvalue weighted by atomic mass is 14.1. The standard InChI is InChI=1S/C17H21B/c1-5-9-11-14-15(8-4)17(18)16(12-7-3)13-10-6-2/h5-14,17H,1-4,18H2/b11-9-,13-10-,15-14+,16-12+. The Hall–Kier alpha value is -2.02. The minimum absolute atomic E-state index is 0.256. The predicted molar refractivity (Wildman–Crippen MR) is 87.5 cm³/mol. The van der Waals surface area contributed by atoms with Gasteiger partial charge in [0.2, 0.25) is 0 Å². The molecule has 0 aromatic carbocycles. The quantitative estimate of drug-likeness (QED) is 0.439. The predicted octanol–water partition coefficient (Wildman–Crippen LogP) is 4.12. The molecule has 0 aliphatic rings. The van der Waals surface area contributed by atoms with Gasteiger partial charge >= 0.3 is 0 Å². The third-order valence-corrected chi connectivity index (χ3v) is 2.51. The van der Waals surface area contributed by atoms with Crippen LogP contribution < -0.4 is 0 Å². The van der Waals surface area contributed by atoms with E-state index in [0.29, 0.717) is 0 Å². The molecular formula is C17H21B. The topological polar surface area (TPSA) is 0 Å². The third-order valence-electron chi connectivity index (χ3n) is 2.51. The summed E-state index contributed by atoms with van der Waals surface area (Å²) in [6.45, 7) is 14.9. The first-order valence-electron chi connectivity index (χ1n) is 5.94. The van der Waals surface area contributed by atoms with Gasteiger partial charge < -0.3 is 0 Å². The first-order valence-corrected chi connectivity index (χ1v) is 5.94. The van der Waals surface area contributed by atoms with Crippen LogP contribution in [0.1, 0.15) is 0 Å². The second-order valence-electron chi connectivity index (χ2n) is 3.71. The largest absolute Gasteiger partial charge is 0.116 e. The van der Waals surface area contributed by atoms with Crippen LogP contribution in [0.3, 0.4) is 0 Å². The highest BCUT2D eigenvalue weighted by Crippen LogP contribution is 2.25. The van der Waals surface area contributed by atoms with Crippen molar-refractivity contribution in [3.05, 3.63) is 98.2 Å². The Bertz CT molecular complexity index is 417. The van der Waals surface area contributed by atoms with Gasteiger partial charge in [0.15, 0.2) is 0 Å². The van der Waals surface area contributed by atoms with Crippen LogP contribution in [0.25, 0.3) is 0 Å². The molecule has 0 aromatic heterocycles. The summed E-state index contributed by atoms with van der Waals surface area (Å²) >= 11 is 0. The van der Waals surface area contributed by atoms with Crippen molar-refractivity contribution in [3.63, 3.8) is 0 Å². The van der Waals surface area contributed by atoms with Crippen molar-refractivity contribution in [2.75, 3.05) is 0 Å².